The maximum Gasteiger partial charge on any atom is 0.262 e. The highest BCUT2D eigenvalue weighted by Gasteiger charge is 2.14. The Labute approximate surface area is 225 Å². The predicted molar refractivity (Wildman–Crippen MR) is 150 cm³/mol. The number of carbonyl (C=O) groups is 2. The van der Waals surface area contributed by atoms with Crippen molar-refractivity contribution >= 4 is 34.5 Å². The molecule has 4 rings (SSSR count). The lowest BCUT2D eigenvalue weighted by Gasteiger charge is -2.14. The lowest BCUT2D eigenvalue weighted by Crippen LogP contribution is -2.27. The Bertz CT molecular complexity index is 1470. The molecule has 1 aromatic heterocycles. The second kappa shape index (κ2) is 13.0. The Kier molecular flexibility index (Phi) is 9.29. The molecule has 0 unspecified atom stereocenters. The van der Waals surface area contributed by atoms with Gasteiger partial charge in [-0.2, -0.15) is 0 Å². The molecule has 0 saturated heterocycles. The molecule has 2 amide bonds. The SMILES string of the molecule is COCCNC(=O)c1ccc(Cn2c(SCC(=O)NCc3ccc(C)cc3)nc3ccccc3c2=O)cc1. The van der Waals surface area contributed by atoms with Crippen LogP contribution in [0.25, 0.3) is 10.9 Å². The van der Waals surface area contributed by atoms with Gasteiger partial charge in [0.2, 0.25) is 5.91 Å². The van der Waals surface area contributed by atoms with Crippen molar-refractivity contribution in [2.24, 2.45) is 0 Å². The van der Waals surface area contributed by atoms with Gasteiger partial charge in [-0.05, 0) is 42.3 Å². The molecule has 0 saturated carbocycles. The van der Waals surface area contributed by atoms with Crippen LogP contribution in [-0.4, -0.2) is 47.4 Å². The molecule has 4 aromatic rings. The molecule has 9 heteroatoms. The van der Waals surface area contributed by atoms with Gasteiger partial charge in [-0.15, -0.1) is 0 Å². The predicted octanol–water partition coefficient (Wildman–Crippen LogP) is 3.54. The smallest absolute Gasteiger partial charge is 0.262 e. The summed E-state index contributed by atoms with van der Waals surface area (Å²) in [7, 11) is 1.58. The van der Waals surface area contributed by atoms with Crippen LogP contribution >= 0.6 is 11.8 Å². The summed E-state index contributed by atoms with van der Waals surface area (Å²) in [5.41, 5.74) is 3.94. The van der Waals surface area contributed by atoms with Crippen LogP contribution in [0.5, 0.6) is 0 Å². The third-order valence-electron chi connectivity index (χ3n) is 5.92. The number of hydrogen-bond acceptors (Lipinski definition) is 6. The highest BCUT2D eigenvalue weighted by molar-refractivity contribution is 7.99. The molecule has 0 spiro atoms. The van der Waals surface area contributed by atoms with Crippen LogP contribution in [0.1, 0.15) is 27.0 Å². The number of aromatic nitrogens is 2. The van der Waals surface area contributed by atoms with Crippen molar-refractivity contribution in [3.05, 3.63) is 105 Å². The van der Waals surface area contributed by atoms with E-state index in [1.54, 1.807) is 42.0 Å². The van der Waals surface area contributed by atoms with E-state index in [1.807, 2.05) is 49.4 Å². The van der Waals surface area contributed by atoms with E-state index in [9.17, 15) is 14.4 Å². The summed E-state index contributed by atoms with van der Waals surface area (Å²) in [4.78, 5) is 42.9. The molecule has 0 bridgehead atoms. The van der Waals surface area contributed by atoms with E-state index in [4.69, 9.17) is 4.74 Å². The Morgan fingerprint density at radius 1 is 0.947 bits per heavy atom. The van der Waals surface area contributed by atoms with Crippen molar-refractivity contribution in [3.63, 3.8) is 0 Å². The minimum Gasteiger partial charge on any atom is -0.383 e. The number of rotatable bonds is 11. The van der Waals surface area contributed by atoms with Crippen LogP contribution in [0, 0.1) is 6.92 Å². The van der Waals surface area contributed by atoms with Gasteiger partial charge in [-0.25, -0.2) is 4.98 Å². The molecule has 0 aliphatic rings. The first kappa shape index (κ1) is 27.1. The summed E-state index contributed by atoms with van der Waals surface area (Å²) in [5.74, 6) is -0.212. The summed E-state index contributed by atoms with van der Waals surface area (Å²) >= 11 is 1.22. The number of nitrogens with zero attached hydrogens (tertiary/aromatic N) is 2. The Morgan fingerprint density at radius 3 is 2.39 bits per heavy atom. The number of amides is 2. The molecule has 2 N–H and O–H groups in total. The maximum atomic E-state index is 13.4. The van der Waals surface area contributed by atoms with Crippen molar-refractivity contribution in [1.82, 2.24) is 20.2 Å². The molecule has 3 aromatic carbocycles. The number of hydrogen-bond donors (Lipinski definition) is 2. The number of fused-ring (bicyclic) bond motifs is 1. The van der Waals surface area contributed by atoms with E-state index in [0.717, 1.165) is 16.7 Å². The fourth-order valence-electron chi connectivity index (χ4n) is 3.80. The van der Waals surface area contributed by atoms with Gasteiger partial charge in [0.25, 0.3) is 11.5 Å². The average Bonchev–Trinajstić information content (AvgIpc) is 2.93. The molecule has 8 nitrogen and oxygen atoms in total. The summed E-state index contributed by atoms with van der Waals surface area (Å²) < 4.78 is 6.54. The summed E-state index contributed by atoms with van der Waals surface area (Å²) in [6.45, 7) is 3.57. The highest BCUT2D eigenvalue weighted by atomic mass is 32.2. The van der Waals surface area contributed by atoms with Crippen LogP contribution in [0.4, 0.5) is 0 Å². The third-order valence-corrected chi connectivity index (χ3v) is 6.89. The van der Waals surface area contributed by atoms with Crippen molar-refractivity contribution in [1.29, 1.82) is 0 Å². The van der Waals surface area contributed by atoms with E-state index >= 15 is 0 Å². The van der Waals surface area contributed by atoms with Crippen molar-refractivity contribution in [3.8, 4) is 0 Å². The zero-order valence-electron chi connectivity index (χ0n) is 21.4. The first-order chi connectivity index (χ1) is 18.4. The number of ether oxygens (including phenoxy) is 1. The van der Waals surface area contributed by atoms with Crippen molar-refractivity contribution < 1.29 is 14.3 Å². The standard InChI is InChI=1S/C29H30N4O4S/c1-20-7-9-21(10-8-20)17-31-26(34)19-38-29-32-25-6-4-3-5-24(25)28(36)33(29)18-22-11-13-23(14-12-22)27(35)30-15-16-37-2/h3-14H,15-19H2,1-2H3,(H,30,35)(H,31,34). The van der Waals surface area contributed by atoms with Gasteiger partial charge >= 0.3 is 0 Å². The Balaban J connectivity index is 1.49. The number of benzene rings is 3. The first-order valence-corrected chi connectivity index (χ1v) is 13.2. The second-order valence-electron chi connectivity index (χ2n) is 8.80. The monoisotopic (exact) mass is 530 g/mol. The highest BCUT2D eigenvalue weighted by Crippen LogP contribution is 2.19. The molecule has 0 aliphatic heterocycles. The minimum atomic E-state index is -0.189. The summed E-state index contributed by atoms with van der Waals surface area (Å²) in [6.07, 6.45) is 0. The summed E-state index contributed by atoms with van der Waals surface area (Å²) in [5, 5.41) is 6.68. The van der Waals surface area contributed by atoms with Crippen LogP contribution in [0.3, 0.4) is 0 Å². The van der Waals surface area contributed by atoms with Gasteiger partial charge in [0.1, 0.15) is 0 Å². The third kappa shape index (κ3) is 7.08. The fraction of sp³-hybridized carbons (Fsp3) is 0.241. The lowest BCUT2D eigenvalue weighted by atomic mass is 10.1. The van der Waals surface area contributed by atoms with E-state index < -0.39 is 0 Å². The molecule has 0 radical (unpaired) electrons. The molecule has 0 atom stereocenters. The molecule has 0 fully saturated rings. The average molecular weight is 531 g/mol. The Morgan fingerprint density at radius 2 is 1.66 bits per heavy atom. The molecule has 38 heavy (non-hydrogen) atoms. The van der Waals surface area contributed by atoms with Gasteiger partial charge in [-0.1, -0.05) is 65.9 Å². The molecular weight excluding hydrogens is 500 g/mol. The van der Waals surface area contributed by atoms with Crippen molar-refractivity contribution in [2.45, 2.75) is 25.2 Å². The Hall–Kier alpha value is -3.95. The quantitative estimate of drug-likeness (QED) is 0.175. The van der Waals surface area contributed by atoms with Gasteiger partial charge in [0.15, 0.2) is 5.16 Å². The fourth-order valence-corrected chi connectivity index (χ4v) is 4.63. The number of thioether (sulfide) groups is 1. The number of carbonyl (C=O) groups excluding carboxylic acids is 2. The summed E-state index contributed by atoms with van der Waals surface area (Å²) in [6, 6.07) is 22.2. The first-order valence-electron chi connectivity index (χ1n) is 12.3. The topological polar surface area (TPSA) is 102 Å². The molecular formula is C29H30N4O4S. The normalized spacial score (nSPS) is 10.9. The van der Waals surface area contributed by atoms with E-state index in [2.05, 4.69) is 15.6 Å². The number of nitrogens with one attached hydrogen (secondary N) is 2. The second-order valence-corrected chi connectivity index (χ2v) is 9.74. The molecule has 0 aliphatic carbocycles. The number of aryl methyl sites for hydroxylation is 1. The van der Waals surface area contributed by atoms with Crippen LogP contribution in [0.2, 0.25) is 0 Å². The van der Waals surface area contributed by atoms with Gasteiger partial charge in [0, 0.05) is 25.8 Å². The lowest BCUT2D eigenvalue weighted by molar-refractivity contribution is -0.118. The zero-order chi connectivity index (χ0) is 26.9. The largest absolute Gasteiger partial charge is 0.383 e. The van der Waals surface area contributed by atoms with Crippen LogP contribution in [-0.2, 0) is 22.6 Å². The van der Waals surface area contributed by atoms with E-state index in [1.165, 1.54) is 11.8 Å². The number of methoxy groups -OCH3 is 1. The van der Waals surface area contributed by atoms with Gasteiger partial charge in [0.05, 0.1) is 29.8 Å². The maximum absolute atomic E-state index is 13.4. The van der Waals surface area contributed by atoms with Gasteiger partial charge < -0.3 is 15.4 Å². The van der Waals surface area contributed by atoms with Gasteiger partial charge in [-0.3, -0.25) is 19.0 Å². The number of para-hydroxylation sites is 1. The van der Waals surface area contributed by atoms with Crippen LogP contribution in [0.15, 0.2) is 82.7 Å². The molecule has 1 heterocycles. The van der Waals surface area contributed by atoms with E-state index in [-0.39, 0.29) is 29.7 Å². The van der Waals surface area contributed by atoms with Crippen molar-refractivity contribution in [2.75, 3.05) is 26.0 Å². The van der Waals surface area contributed by atoms with E-state index in [0.29, 0.717) is 41.3 Å². The van der Waals surface area contributed by atoms with Crippen LogP contribution < -0.4 is 16.2 Å². The zero-order valence-corrected chi connectivity index (χ0v) is 22.2. The molecule has 196 valence electrons. The minimum absolute atomic E-state index is 0.122.